The molecule has 0 saturated heterocycles. The predicted octanol–water partition coefficient (Wildman–Crippen LogP) is 2.02. The van der Waals surface area contributed by atoms with Crippen LogP contribution in [0.4, 0.5) is 5.69 Å². The molecule has 1 fully saturated rings. The number of carbonyl (C=O) groups is 1. The highest BCUT2D eigenvalue weighted by molar-refractivity contribution is 5.92. The second-order valence-corrected chi connectivity index (χ2v) is 5.41. The summed E-state index contributed by atoms with van der Waals surface area (Å²) in [6.45, 7) is 4.75. The number of ether oxygens (including phenoxy) is 1. The Balaban J connectivity index is 1.80. The number of methoxy groups -OCH3 is 1. The lowest BCUT2D eigenvalue weighted by atomic mass is 10.2. The molecule has 1 saturated carbocycles. The Morgan fingerprint density at radius 3 is 2.83 bits per heavy atom. The fourth-order valence-corrected chi connectivity index (χ4v) is 1.94. The largest absolute Gasteiger partial charge is 0.497 e. The molecule has 4 nitrogen and oxygen atoms in total. The summed E-state index contributed by atoms with van der Waals surface area (Å²) >= 11 is 0. The van der Waals surface area contributed by atoms with Gasteiger partial charge in [-0.3, -0.25) is 4.79 Å². The standard InChI is InChI=1S/C14H20N2O2/c1-14(2)8-12(14)15-9-13(17)16-10-5-4-6-11(7-10)18-3/h4-7,12,15H,8-9H2,1-3H3,(H,16,17). The Kier molecular flexibility index (Phi) is 3.57. The van der Waals surface area contributed by atoms with Gasteiger partial charge >= 0.3 is 0 Å². The van der Waals surface area contributed by atoms with E-state index in [9.17, 15) is 4.79 Å². The summed E-state index contributed by atoms with van der Waals surface area (Å²) in [6, 6.07) is 7.82. The van der Waals surface area contributed by atoms with Gasteiger partial charge in [-0.15, -0.1) is 0 Å². The first-order chi connectivity index (χ1) is 8.51. The van der Waals surface area contributed by atoms with Gasteiger partial charge in [0.1, 0.15) is 5.75 Å². The van der Waals surface area contributed by atoms with Gasteiger partial charge < -0.3 is 15.4 Å². The van der Waals surface area contributed by atoms with Crippen LogP contribution in [-0.4, -0.2) is 25.6 Å². The van der Waals surface area contributed by atoms with Gasteiger partial charge in [0.25, 0.3) is 0 Å². The minimum absolute atomic E-state index is 0.0223. The lowest BCUT2D eigenvalue weighted by Crippen LogP contribution is -2.31. The molecule has 0 spiro atoms. The highest BCUT2D eigenvalue weighted by atomic mass is 16.5. The van der Waals surface area contributed by atoms with Crippen LogP contribution in [-0.2, 0) is 4.79 Å². The monoisotopic (exact) mass is 248 g/mol. The van der Waals surface area contributed by atoms with E-state index < -0.39 is 0 Å². The van der Waals surface area contributed by atoms with Crippen LogP contribution < -0.4 is 15.4 Å². The Morgan fingerprint density at radius 2 is 2.22 bits per heavy atom. The zero-order valence-corrected chi connectivity index (χ0v) is 11.1. The summed E-state index contributed by atoms with van der Waals surface area (Å²) in [5.74, 6) is 0.718. The van der Waals surface area contributed by atoms with E-state index in [0.29, 0.717) is 18.0 Å². The first kappa shape index (κ1) is 12.9. The van der Waals surface area contributed by atoms with Gasteiger partial charge in [-0.05, 0) is 24.0 Å². The van der Waals surface area contributed by atoms with Gasteiger partial charge in [0.05, 0.1) is 13.7 Å². The summed E-state index contributed by atoms with van der Waals surface area (Å²) in [5, 5.41) is 6.10. The summed E-state index contributed by atoms with van der Waals surface area (Å²) < 4.78 is 5.10. The van der Waals surface area contributed by atoms with E-state index in [1.54, 1.807) is 13.2 Å². The summed E-state index contributed by atoms with van der Waals surface area (Å²) in [5.41, 5.74) is 1.10. The van der Waals surface area contributed by atoms with Crippen LogP contribution in [0.2, 0.25) is 0 Å². The Labute approximate surface area is 108 Å². The second kappa shape index (κ2) is 4.98. The Hall–Kier alpha value is -1.55. The molecule has 1 unspecified atom stereocenters. The third-order valence-electron chi connectivity index (χ3n) is 3.38. The number of hydrogen-bond donors (Lipinski definition) is 2. The van der Waals surface area contributed by atoms with Crippen LogP contribution in [0, 0.1) is 5.41 Å². The van der Waals surface area contributed by atoms with E-state index in [-0.39, 0.29) is 5.91 Å². The minimum Gasteiger partial charge on any atom is -0.497 e. The Bertz CT molecular complexity index is 443. The molecule has 0 aliphatic heterocycles. The highest BCUT2D eigenvalue weighted by Crippen LogP contribution is 2.44. The smallest absolute Gasteiger partial charge is 0.238 e. The van der Waals surface area contributed by atoms with Crippen molar-refractivity contribution in [3.8, 4) is 5.75 Å². The summed E-state index contributed by atoms with van der Waals surface area (Å²) in [7, 11) is 1.61. The average Bonchev–Trinajstić information content (AvgIpc) is 2.95. The maximum Gasteiger partial charge on any atom is 0.238 e. The molecule has 1 aromatic rings. The molecule has 4 heteroatoms. The molecule has 0 bridgehead atoms. The van der Waals surface area contributed by atoms with Crippen molar-refractivity contribution in [2.75, 3.05) is 19.0 Å². The topological polar surface area (TPSA) is 50.4 Å². The van der Waals surface area contributed by atoms with Crippen LogP contribution in [0.5, 0.6) is 5.75 Å². The molecule has 18 heavy (non-hydrogen) atoms. The third-order valence-corrected chi connectivity index (χ3v) is 3.38. The van der Waals surface area contributed by atoms with E-state index in [1.807, 2.05) is 18.2 Å². The average molecular weight is 248 g/mol. The van der Waals surface area contributed by atoms with Gasteiger partial charge in [-0.2, -0.15) is 0 Å². The number of anilines is 1. The van der Waals surface area contributed by atoms with E-state index >= 15 is 0 Å². The van der Waals surface area contributed by atoms with Crippen LogP contribution in [0.3, 0.4) is 0 Å². The fourth-order valence-electron chi connectivity index (χ4n) is 1.94. The molecule has 0 aromatic heterocycles. The molecule has 1 aliphatic rings. The minimum atomic E-state index is -0.0223. The van der Waals surface area contributed by atoms with Crippen LogP contribution in [0.25, 0.3) is 0 Å². The van der Waals surface area contributed by atoms with Crippen molar-refractivity contribution < 1.29 is 9.53 Å². The highest BCUT2D eigenvalue weighted by Gasteiger charge is 2.45. The molecule has 98 valence electrons. The van der Waals surface area contributed by atoms with Crippen molar-refractivity contribution in [3.63, 3.8) is 0 Å². The Morgan fingerprint density at radius 1 is 1.50 bits per heavy atom. The number of rotatable bonds is 5. The molecular formula is C14H20N2O2. The molecule has 0 heterocycles. The molecule has 0 radical (unpaired) electrons. The van der Waals surface area contributed by atoms with Gasteiger partial charge in [-0.1, -0.05) is 19.9 Å². The zero-order chi connectivity index (χ0) is 13.2. The van der Waals surface area contributed by atoms with Gasteiger partial charge in [0, 0.05) is 17.8 Å². The van der Waals surface area contributed by atoms with E-state index in [1.165, 1.54) is 0 Å². The molecule has 1 atom stereocenters. The number of carbonyl (C=O) groups excluding carboxylic acids is 1. The van der Waals surface area contributed by atoms with E-state index in [0.717, 1.165) is 17.9 Å². The normalized spacial score (nSPS) is 20.3. The van der Waals surface area contributed by atoms with Crippen molar-refractivity contribution in [2.45, 2.75) is 26.3 Å². The molecule has 1 aromatic carbocycles. The molecule has 1 aliphatic carbocycles. The van der Waals surface area contributed by atoms with E-state index in [2.05, 4.69) is 24.5 Å². The third kappa shape index (κ3) is 3.23. The van der Waals surface area contributed by atoms with Crippen molar-refractivity contribution in [2.24, 2.45) is 5.41 Å². The molecule has 2 N–H and O–H groups in total. The van der Waals surface area contributed by atoms with Crippen molar-refractivity contribution >= 4 is 11.6 Å². The first-order valence-electron chi connectivity index (χ1n) is 6.18. The SMILES string of the molecule is COc1cccc(NC(=O)CNC2CC2(C)C)c1. The van der Waals surface area contributed by atoms with Crippen LogP contribution >= 0.6 is 0 Å². The fraction of sp³-hybridized carbons (Fsp3) is 0.500. The van der Waals surface area contributed by atoms with Gasteiger partial charge in [-0.25, -0.2) is 0 Å². The zero-order valence-electron chi connectivity index (χ0n) is 11.1. The number of nitrogens with one attached hydrogen (secondary N) is 2. The molecule has 2 rings (SSSR count). The van der Waals surface area contributed by atoms with Crippen LogP contribution in [0.1, 0.15) is 20.3 Å². The van der Waals surface area contributed by atoms with Gasteiger partial charge in [0.2, 0.25) is 5.91 Å². The second-order valence-electron chi connectivity index (χ2n) is 5.41. The van der Waals surface area contributed by atoms with Crippen molar-refractivity contribution in [1.29, 1.82) is 0 Å². The van der Waals surface area contributed by atoms with Gasteiger partial charge in [0.15, 0.2) is 0 Å². The number of amides is 1. The summed E-state index contributed by atoms with van der Waals surface area (Å²) in [4.78, 5) is 11.7. The number of hydrogen-bond acceptors (Lipinski definition) is 3. The quantitative estimate of drug-likeness (QED) is 0.838. The summed E-state index contributed by atoms with van der Waals surface area (Å²) in [6.07, 6.45) is 1.14. The lowest BCUT2D eigenvalue weighted by Gasteiger charge is -2.08. The molecule has 1 amide bonds. The van der Waals surface area contributed by atoms with Crippen molar-refractivity contribution in [1.82, 2.24) is 5.32 Å². The van der Waals surface area contributed by atoms with E-state index in [4.69, 9.17) is 4.74 Å². The lowest BCUT2D eigenvalue weighted by molar-refractivity contribution is -0.115. The van der Waals surface area contributed by atoms with Crippen molar-refractivity contribution in [3.05, 3.63) is 24.3 Å². The number of benzene rings is 1. The maximum atomic E-state index is 11.7. The van der Waals surface area contributed by atoms with Crippen LogP contribution in [0.15, 0.2) is 24.3 Å². The predicted molar refractivity (Wildman–Crippen MR) is 71.8 cm³/mol. The first-order valence-corrected chi connectivity index (χ1v) is 6.18. The maximum absolute atomic E-state index is 11.7. The molecular weight excluding hydrogens is 228 g/mol.